The molecule has 5 atom stereocenters. The number of hydrogen-bond donors (Lipinski definition) is 3. The number of methoxy groups -OCH3 is 1. The van der Waals surface area contributed by atoms with E-state index in [1.54, 1.807) is 6.92 Å². The summed E-state index contributed by atoms with van der Waals surface area (Å²) in [4.78, 5) is 20.4. The summed E-state index contributed by atoms with van der Waals surface area (Å²) in [6.07, 6.45) is -17.1. The molecule has 2 fully saturated rings. The first kappa shape index (κ1) is 46.1. The first-order chi connectivity index (χ1) is 20.4. The number of ether oxygens (including phenoxy) is 2. The van der Waals surface area contributed by atoms with Gasteiger partial charge in [-0.15, -0.1) is 0 Å². The SMILES string of the molecule is CC(O)(CC1CC2CCC1C2)C(F)(F)F.CCC(=O)OC.CCC(=O)OCC(O)(C(F)(F)F)C(F)(F)F.CCC(C)(O)C(F)(F)F. The van der Waals surface area contributed by atoms with Gasteiger partial charge in [0.25, 0.3) is 5.60 Å². The average molecular weight is 707 g/mol. The van der Waals surface area contributed by atoms with Crippen LogP contribution in [0.25, 0.3) is 0 Å². The Kier molecular flexibility index (Phi) is 17.4. The van der Waals surface area contributed by atoms with Gasteiger partial charge < -0.3 is 24.8 Å². The Balaban J connectivity index is 0. The maximum absolute atomic E-state index is 12.5. The van der Waals surface area contributed by atoms with Crippen molar-refractivity contribution in [3.63, 3.8) is 0 Å². The lowest BCUT2D eigenvalue weighted by Crippen LogP contribution is -2.60. The van der Waals surface area contributed by atoms with Crippen molar-refractivity contribution >= 4 is 11.9 Å². The van der Waals surface area contributed by atoms with Crippen molar-refractivity contribution in [2.24, 2.45) is 17.8 Å². The minimum absolute atomic E-state index is 0.0837. The van der Waals surface area contributed by atoms with Gasteiger partial charge in [-0.3, -0.25) is 9.59 Å². The molecule has 3 N–H and O–H groups in total. The van der Waals surface area contributed by atoms with Crippen LogP contribution in [0.1, 0.15) is 86.0 Å². The molecule has 2 rings (SSSR count). The maximum Gasteiger partial charge on any atom is 0.429 e. The van der Waals surface area contributed by atoms with E-state index in [9.17, 15) is 67.4 Å². The summed E-state index contributed by atoms with van der Waals surface area (Å²) in [5, 5.41) is 26.5. The molecule has 2 aliphatic carbocycles. The molecule has 7 nitrogen and oxygen atoms in total. The first-order valence-corrected chi connectivity index (χ1v) is 14.0. The number of carbonyl (C=O) groups excluding carboxylic acids is 2. The molecular weight excluding hydrogens is 664 g/mol. The van der Waals surface area contributed by atoms with E-state index in [1.165, 1.54) is 27.4 Å². The zero-order valence-corrected chi connectivity index (χ0v) is 26.1. The molecule has 0 aliphatic heterocycles. The van der Waals surface area contributed by atoms with Crippen LogP contribution in [-0.2, 0) is 19.1 Å². The Morgan fingerprint density at radius 3 is 1.33 bits per heavy atom. The van der Waals surface area contributed by atoms with Crippen molar-refractivity contribution in [2.45, 2.75) is 127 Å². The van der Waals surface area contributed by atoms with Gasteiger partial charge in [0, 0.05) is 12.8 Å². The summed E-state index contributed by atoms with van der Waals surface area (Å²) in [6.45, 7) is 3.68. The Bertz CT molecular complexity index is 906. The molecule has 0 aromatic heterocycles. The van der Waals surface area contributed by atoms with Gasteiger partial charge >= 0.3 is 36.6 Å². The number of alkyl halides is 12. The number of hydrogen-bond acceptors (Lipinski definition) is 7. The topological polar surface area (TPSA) is 113 Å². The highest BCUT2D eigenvalue weighted by Crippen LogP contribution is 2.52. The third-order valence-corrected chi connectivity index (χ3v) is 7.64. The van der Waals surface area contributed by atoms with Crippen molar-refractivity contribution in [1.82, 2.24) is 0 Å². The van der Waals surface area contributed by atoms with Crippen LogP contribution >= 0.6 is 0 Å². The van der Waals surface area contributed by atoms with E-state index in [0.29, 0.717) is 18.3 Å². The molecular formula is C27H42F12O7. The molecule has 2 bridgehead atoms. The lowest BCUT2D eigenvalue weighted by atomic mass is 9.81. The van der Waals surface area contributed by atoms with Crippen LogP contribution < -0.4 is 0 Å². The second-order valence-corrected chi connectivity index (χ2v) is 11.3. The van der Waals surface area contributed by atoms with E-state index in [-0.39, 0.29) is 24.7 Å². The highest BCUT2D eigenvalue weighted by atomic mass is 19.4. The molecule has 0 spiro atoms. The molecule has 0 saturated heterocycles. The molecule has 276 valence electrons. The number of esters is 2. The lowest BCUT2D eigenvalue weighted by Gasteiger charge is -2.32. The van der Waals surface area contributed by atoms with Gasteiger partial charge in [0.1, 0.15) is 6.61 Å². The van der Waals surface area contributed by atoms with E-state index in [4.69, 9.17) is 10.2 Å². The van der Waals surface area contributed by atoms with Crippen LogP contribution in [0.3, 0.4) is 0 Å². The fourth-order valence-electron chi connectivity index (χ4n) is 4.21. The van der Waals surface area contributed by atoms with Crippen LogP contribution in [0, 0.1) is 17.8 Å². The van der Waals surface area contributed by atoms with Crippen LogP contribution in [0.15, 0.2) is 0 Å². The minimum Gasteiger partial charge on any atom is -0.469 e. The summed E-state index contributed by atoms with van der Waals surface area (Å²) < 4.78 is 152. The number of aliphatic hydroxyl groups is 3. The fraction of sp³-hybridized carbons (Fsp3) is 0.926. The monoisotopic (exact) mass is 706 g/mol. The Hall–Kier alpha value is -2.02. The Labute approximate surface area is 258 Å². The van der Waals surface area contributed by atoms with Gasteiger partial charge in [0.15, 0.2) is 11.2 Å². The summed E-state index contributed by atoms with van der Waals surface area (Å²) in [5.41, 5.74) is -10.1. The highest BCUT2D eigenvalue weighted by molar-refractivity contribution is 5.69. The lowest BCUT2D eigenvalue weighted by molar-refractivity contribution is -0.375. The molecule has 0 amide bonds. The number of halogens is 12. The molecule has 0 heterocycles. The predicted octanol–water partition coefficient (Wildman–Crippen LogP) is 7.20. The molecule has 0 aromatic carbocycles. The van der Waals surface area contributed by atoms with E-state index in [2.05, 4.69) is 9.47 Å². The zero-order valence-electron chi connectivity index (χ0n) is 26.1. The minimum atomic E-state index is -5.97. The van der Waals surface area contributed by atoms with Gasteiger partial charge in [-0.25, -0.2) is 0 Å². The smallest absolute Gasteiger partial charge is 0.429 e. The molecule has 5 unspecified atom stereocenters. The third kappa shape index (κ3) is 14.0. The predicted molar refractivity (Wildman–Crippen MR) is 138 cm³/mol. The quantitative estimate of drug-likeness (QED) is 0.190. The average Bonchev–Trinajstić information content (AvgIpc) is 3.52. The van der Waals surface area contributed by atoms with E-state index < -0.39 is 60.5 Å². The third-order valence-electron chi connectivity index (χ3n) is 7.64. The largest absolute Gasteiger partial charge is 0.469 e. The van der Waals surface area contributed by atoms with Crippen molar-refractivity contribution in [2.75, 3.05) is 13.7 Å². The van der Waals surface area contributed by atoms with E-state index >= 15 is 0 Å². The van der Waals surface area contributed by atoms with E-state index in [1.807, 2.05) is 0 Å². The van der Waals surface area contributed by atoms with E-state index in [0.717, 1.165) is 33.1 Å². The second-order valence-electron chi connectivity index (χ2n) is 11.3. The molecule has 19 heteroatoms. The second kappa shape index (κ2) is 17.4. The summed E-state index contributed by atoms with van der Waals surface area (Å²) >= 11 is 0. The number of rotatable bonds is 7. The molecule has 46 heavy (non-hydrogen) atoms. The van der Waals surface area contributed by atoms with Crippen LogP contribution in [-0.4, -0.2) is 82.5 Å². The van der Waals surface area contributed by atoms with Crippen LogP contribution in [0.4, 0.5) is 52.7 Å². The van der Waals surface area contributed by atoms with Crippen LogP contribution in [0.5, 0.6) is 0 Å². The summed E-state index contributed by atoms with van der Waals surface area (Å²) in [7, 11) is 1.38. The van der Waals surface area contributed by atoms with Gasteiger partial charge in [0.05, 0.1) is 7.11 Å². The van der Waals surface area contributed by atoms with Gasteiger partial charge in [-0.1, -0.05) is 27.2 Å². The van der Waals surface area contributed by atoms with Gasteiger partial charge in [-0.05, 0) is 63.7 Å². The zero-order chi connectivity index (χ0) is 37.2. The molecule has 0 aromatic rings. The van der Waals surface area contributed by atoms with Gasteiger partial charge in [-0.2, -0.15) is 52.7 Å². The first-order valence-electron chi connectivity index (χ1n) is 14.0. The molecule has 0 radical (unpaired) electrons. The molecule has 2 saturated carbocycles. The highest BCUT2D eigenvalue weighted by Gasteiger charge is 2.71. The summed E-state index contributed by atoms with van der Waals surface area (Å²) in [5.74, 6) is -0.282. The maximum atomic E-state index is 12.5. The van der Waals surface area contributed by atoms with Crippen molar-refractivity contribution < 1.29 is 87.1 Å². The summed E-state index contributed by atoms with van der Waals surface area (Å²) in [6, 6.07) is 0. The van der Waals surface area contributed by atoms with Crippen LogP contribution in [0.2, 0.25) is 0 Å². The van der Waals surface area contributed by atoms with Crippen molar-refractivity contribution in [3.05, 3.63) is 0 Å². The normalized spacial score (nSPS) is 22.4. The number of carbonyl (C=O) groups is 2. The Morgan fingerprint density at radius 2 is 1.11 bits per heavy atom. The molecule has 2 aliphatic rings. The van der Waals surface area contributed by atoms with Crippen molar-refractivity contribution in [3.8, 4) is 0 Å². The van der Waals surface area contributed by atoms with Crippen molar-refractivity contribution in [1.29, 1.82) is 0 Å². The fourth-order valence-corrected chi connectivity index (χ4v) is 4.21. The van der Waals surface area contributed by atoms with Gasteiger partial charge in [0.2, 0.25) is 0 Å². The Morgan fingerprint density at radius 1 is 0.674 bits per heavy atom. The number of fused-ring (bicyclic) bond motifs is 2. The standard InChI is InChI=1S/C11H17F3O.C7H8F6O3.C5H9F3O.C4H8O2/c1-10(15,11(12,13)14)6-9-5-7-2-3-8(9)4-7;1-2-4(14)16-3-5(15,6(8,9)10)7(11,12)13;1-3-4(2,9)5(6,7)8;1-3-4(5)6-2/h7-9,15H,2-6H2,1H3;15H,2-3H2,1H3;9H,3H2,1-2H3;3H2,1-2H3.